The largest absolute Gasteiger partial charge is 0.460 e. The Balaban J connectivity index is 1.64. The molecule has 1 saturated carbocycles. The molecule has 2 aromatic rings. The van der Waals surface area contributed by atoms with Crippen LogP contribution in [0.1, 0.15) is 56.2 Å². The van der Waals surface area contributed by atoms with E-state index in [4.69, 9.17) is 21.1 Å². The van der Waals surface area contributed by atoms with Crippen molar-refractivity contribution in [2.24, 2.45) is 0 Å². The van der Waals surface area contributed by atoms with Crippen LogP contribution in [0.4, 0.5) is 4.79 Å². The molecule has 2 heterocycles. The van der Waals surface area contributed by atoms with E-state index in [1.165, 1.54) is 11.3 Å². The third-order valence-corrected chi connectivity index (χ3v) is 7.57. The number of hydrogen-bond donors (Lipinski definition) is 1. The van der Waals surface area contributed by atoms with E-state index < -0.39 is 17.2 Å². The van der Waals surface area contributed by atoms with Crippen molar-refractivity contribution in [1.82, 2.24) is 4.90 Å². The minimum Gasteiger partial charge on any atom is -0.460 e. The van der Waals surface area contributed by atoms with Crippen LogP contribution in [0.15, 0.2) is 29.6 Å². The van der Waals surface area contributed by atoms with Crippen LogP contribution < -0.4 is 0 Å². The van der Waals surface area contributed by atoms with E-state index in [0.29, 0.717) is 39.8 Å². The summed E-state index contributed by atoms with van der Waals surface area (Å²) in [5, 5.41) is 13.2. The van der Waals surface area contributed by atoms with E-state index >= 15 is 0 Å². The van der Waals surface area contributed by atoms with Crippen LogP contribution >= 0.6 is 34.3 Å². The Morgan fingerprint density at radius 1 is 1.13 bits per heavy atom. The van der Waals surface area contributed by atoms with Gasteiger partial charge in [0, 0.05) is 13.1 Å². The molecule has 1 aliphatic carbocycles. The molecule has 0 bridgehead atoms. The molecule has 1 N–H and O–H groups in total. The van der Waals surface area contributed by atoms with Gasteiger partial charge >= 0.3 is 12.1 Å². The quantitative estimate of drug-likeness (QED) is 0.572. The van der Waals surface area contributed by atoms with E-state index in [2.05, 4.69) is 0 Å². The normalized spacial score (nSPS) is 21.2. The standard InChI is InChI=1S/C22H28ClNO5S2/c1-21(2,3)29-20(26)24(4)14-7-9-15(10-8-14)28-19(25)22(27,16-6-5-13-30-16)17-11-12-18(23)31-17/h5-6,11-15,27H,7-10H2,1-4H3/t14-,15-,22-/m1/s1. The zero-order valence-corrected chi connectivity index (χ0v) is 20.5. The molecule has 0 unspecified atom stereocenters. The Labute approximate surface area is 195 Å². The zero-order chi connectivity index (χ0) is 22.8. The van der Waals surface area contributed by atoms with Gasteiger partial charge in [0.1, 0.15) is 11.7 Å². The van der Waals surface area contributed by atoms with Crippen LogP contribution in [0.3, 0.4) is 0 Å². The Kier molecular flexibility index (Phi) is 7.35. The van der Waals surface area contributed by atoms with Gasteiger partial charge in [0.2, 0.25) is 5.60 Å². The Morgan fingerprint density at radius 3 is 2.32 bits per heavy atom. The van der Waals surface area contributed by atoms with Crippen LogP contribution in [-0.4, -0.2) is 46.9 Å². The van der Waals surface area contributed by atoms with Gasteiger partial charge in [-0.25, -0.2) is 9.59 Å². The highest BCUT2D eigenvalue weighted by Gasteiger charge is 2.45. The second-order valence-electron chi connectivity index (χ2n) is 8.72. The van der Waals surface area contributed by atoms with Gasteiger partial charge < -0.3 is 19.5 Å². The first kappa shape index (κ1) is 24.0. The third-order valence-electron chi connectivity index (χ3n) is 5.25. The van der Waals surface area contributed by atoms with E-state index in [9.17, 15) is 14.7 Å². The maximum atomic E-state index is 13.1. The Morgan fingerprint density at radius 2 is 1.81 bits per heavy atom. The molecule has 170 valence electrons. The van der Waals surface area contributed by atoms with Crippen molar-refractivity contribution in [2.75, 3.05) is 7.05 Å². The number of carbonyl (C=O) groups excluding carboxylic acids is 2. The summed E-state index contributed by atoms with van der Waals surface area (Å²) in [6, 6.07) is 6.83. The molecule has 0 aliphatic heterocycles. The number of ether oxygens (including phenoxy) is 2. The number of carbonyl (C=O) groups is 2. The van der Waals surface area contributed by atoms with Crippen molar-refractivity contribution in [1.29, 1.82) is 0 Å². The van der Waals surface area contributed by atoms with Crippen LogP contribution in [-0.2, 0) is 19.9 Å². The van der Waals surface area contributed by atoms with Crippen LogP contribution in [0, 0.1) is 0 Å². The summed E-state index contributed by atoms with van der Waals surface area (Å²) in [6.45, 7) is 5.51. The lowest BCUT2D eigenvalue weighted by atomic mass is 9.91. The number of aliphatic hydroxyl groups is 1. The third kappa shape index (κ3) is 5.61. The van der Waals surface area contributed by atoms with Gasteiger partial charge in [0.05, 0.1) is 14.1 Å². The second kappa shape index (κ2) is 9.48. The maximum absolute atomic E-state index is 13.1. The summed E-state index contributed by atoms with van der Waals surface area (Å²) < 4.78 is 11.7. The molecule has 1 amide bonds. The lowest BCUT2D eigenvalue weighted by Crippen LogP contribution is -2.44. The predicted octanol–water partition coefficient (Wildman–Crippen LogP) is 5.42. The highest BCUT2D eigenvalue weighted by molar-refractivity contribution is 7.16. The van der Waals surface area contributed by atoms with E-state index in [1.54, 1.807) is 41.6 Å². The molecule has 6 nitrogen and oxygen atoms in total. The summed E-state index contributed by atoms with van der Waals surface area (Å²) in [5.41, 5.74) is -2.43. The Bertz CT molecular complexity index is 899. The predicted molar refractivity (Wildman–Crippen MR) is 123 cm³/mol. The van der Waals surface area contributed by atoms with Gasteiger partial charge in [-0.05, 0) is 70.0 Å². The average molecular weight is 486 g/mol. The number of halogens is 1. The smallest absolute Gasteiger partial charge is 0.410 e. The van der Waals surface area contributed by atoms with E-state index in [1.807, 2.05) is 20.8 Å². The Hall–Kier alpha value is -1.61. The number of rotatable bonds is 5. The highest BCUT2D eigenvalue weighted by atomic mass is 35.5. The molecular weight excluding hydrogens is 458 g/mol. The molecule has 31 heavy (non-hydrogen) atoms. The molecule has 0 radical (unpaired) electrons. The SMILES string of the molecule is CN(C(=O)OC(C)(C)C)[C@H]1CC[C@H](OC(=O)[C@@](O)(c2cccs2)c2ccc(Cl)s2)CC1. The summed E-state index contributed by atoms with van der Waals surface area (Å²) in [5.74, 6) is -0.697. The van der Waals surface area contributed by atoms with E-state index in [0.717, 1.165) is 11.3 Å². The fourth-order valence-corrected chi connectivity index (χ4v) is 5.61. The van der Waals surface area contributed by atoms with Gasteiger partial charge in [-0.1, -0.05) is 17.7 Å². The molecule has 0 spiro atoms. The monoisotopic (exact) mass is 485 g/mol. The number of hydrogen-bond acceptors (Lipinski definition) is 7. The van der Waals surface area contributed by atoms with Crippen LogP contribution in [0.5, 0.6) is 0 Å². The van der Waals surface area contributed by atoms with Crippen molar-refractivity contribution in [3.05, 3.63) is 43.7 Å². The molecule has 2 aromatic heterocycles. The van der Waals surface area contributed by atoms with Crippen molar-refractivity contribution in [3.63, 3.8) is 0 Å². The highest BCUT2D eigenvalue weighted by Crippen LogP contribution is 2.40. The average Bonchev–Trinajstić information content (AvgIpc) is 3.38. The number of nitrogens with zero attached hydrogens (tertiary/aromatic N) is 1. The van der Waals surface area contributed by atoms with Crippen LogP contribution in [0.25, 0.3) is 0 Å². The summed E-state index contributed by atoms with van der Waals surface area (Å²) in [6.07, 6.45) is 1.92. The molecule has 9 heteroatoms. The fraction of sp³-hybridized carbons (Fsp3) is 0.545. The number of thiophene rings is 2. The van der Waals surface area contributed by atoms with Gasteiger partial charge in [-0.3, -0.25) is 0 Å². The van der Waals surface area contributed by atoms with Crippen molar-refractivity contribution >= 4 is 46.3 Å². The van der Waals surface area contributed by atoms with Gasteiger partial charge in [0.15, 0.2) is 0 Å². The summed E-state index contributed by atoms with van der Waals surface area (Å²) >= 11 is 8.50. The summed E-state index contributed by atoms with van der Waals surface area (Å²) in [4.78, 5) is 28.0. The number of esters is 1. The van der Waals surface area contributed by atoms with Crippen molar-refractivity contribution in [3.8, 4) is 0 Å². The number of amides is 1. The topological polar surface area (TPSA) is 76.1 Å². The van der Waals surface area contributed by atoms with Crippen LogP contribution in [0.2, 0.25) is 4.34 Å². The van der Waals surface area contributed by atoms with Crippen molar-refractivity contribution in [2.45, 2.75) is 69.8 Å². The molecule has 1 fully saturated rings. The molecular formula is C22H28ClNO5S2. The van der Waals surface area contributed by atoms with Crippen molar-refractivity contribution < 1.29 is 24.2 Å². The molecule has 0 aromatic carbocycles. The zero-order valence-electron chi connectivity index (χ0n) is 18.1. The molecule has 1 atom stereocenters. The molecule has 1 aliphatic rings. The lowest BCUT2D eigenvalue weighted by Gasteiger charge is -2.36. The first-order valence-corrected chi connectivity index (χ1v) is 12.3. The minimum absolute atomic E-state index is 0.0251. The minimum atomic E-state index is -1.88. The second-order valence-corrected chi connectivity index (χ2v) is 11.4. The maximum Gasteiger partial charge on any atom is 0.410 e. The summed E-state index contributed by atoms with van der Waals surface area (Å²) in [7, 11) is 1.74. The van der Waals surface area contributed by atoms with Gasteiger partial charge in [-0.15, -0.1) is 22.7 Å². The molecule has 0 saturated heterocycles. The van der Waals surface area contributed by atoms with Gasteiger partial charge in [-0.2, -0.15) is 0 Å². The lowest BCUT2D eigenvalue weighted by molar-refractivity contribution is -0.169. The molecule has 3 rings (SSSR count). The van der Waals surface area contributed by atoms with E-state index in [-0.39, 0.29) is 18.2 Å². The first-order chi connectivity index (χ1) is 14.5. The fourth-order valence-electron chi connectivity index (χ4n) is 3.59. The first-order valence-electron chi connectivity index (χ1n) is 10.2. The van der Waals surface area contributed by atoms with Gasteiger partial charge in [0.25, 0.3) is 0 Å².